The van der Waals surface area contributed by atoms with E-state index in [2.05, 4.69) is 25.3 Å². The Balaban J connectivity index is 1.64. The first kappa shape index (κ1) is 26.5. The van der Waals surface area contributed by atoms with Crippen LogP contribution in [0.4, 0.5) is 5.13 Å². The topological polar surface area (TPSA) is 167 Å². The number of carbonyl (C=O) groups excluding carboxylic acids is 2. The number of nitrogens with one attached hydrogen (secondary N) is 1. The summed E-state index contributed by atoms with van der Waals surface area (Å²) >= 11 is 2.52. The number of hydrogen-bond acceptors (Lipinski definition) is 11. The molecule has 37 heavy (non-hydrogen) atoms. The molecule has 4 N–H and O–H groups in total. The van der Waals surface area contributed by atoms with E-state index in [0.717, 1.165) is 11.3 Å². The highest BCUT2D eigenvalue weighted by molar-refractivity contribution is 8.00. The summed E-state index contributed by atoms with van der Waals surface area (Å²) < 4.78 is 1.88. The first-order valence-corrected chi connectivity index (χ1v) is 13.3. The minimum atomic E-state index is -1.20. The molecule has 0 aromatic carbocycles. The van der Waals surface area contributed by atoms with Crippen LogP contribution in [0.1, 0.15) is 25.7 Å². The fourth-order valence-corrected chi connectivity index (χ4v) is 6.31. The third kappa shape index (κ3) is 5.01. The number of thioether (sulfide) groups is 1. The number of thiazole rings is 1. The van der Waals surface area contributed by atoms with Gasteiger partial charge in [-0.1, -0.05) is 19.0 Å². The molecule has 2 amide bonds. The van der Waals surface area contributed by atoms with Crippen LogP contribution in [0.25, 0.3) is 0 Å². The molecule has 1 fully saturated rings. The van der Waals surface area contributed by atoms with Crippen LogP contribution in [0.15, 0.2) is 46.6 Å². The highest BCUT2D eigenvalue weighted by Gasteiger charge is 2.56. The van der Waals surface area contributed by atoms with E-state index in [9.17, 15) is 19.5 Å². The van der Waals surface area contributed by atoms with Crippen LogP contribution in [-0.2, 0) is 19.2 Å². The molecule has 2 aliphatic rings. The van der Waals surface area contributed by atoms with Gasteiger partial charge in [-0.2, -0.15) is 4.57 Å². The van der Waals surface area contributed by atoms with E-state index in [-0.39, 0.29) is 22.2 Å². The highest BCUT2D eigenvalue weighted by Crippen LogP contribution is 2.43. The second kappa shape index (κ2) is 11.2. The maximum atomic E-state index is 13.2. The molecule has 0 aliphatic carbocycles. The summed E-state index contributed by atoms with van der Waals surface area (Å²) in [5.74, 6) is -2.05. The molecular formula is C22H27N8O5S2+. The minimum Gasteiger partial charge on any atom is -0.477 e. The lowest BCUT2D eigenvalue weighted by atomic mass is 10.0. The van der Waals surface area contributed by atoms with Gasteiger partial charge in [0.1, 0.15) is 29.9 Å². The zero-order chi connectivity index (χ0) is 26.7. The SMILES string of the molecule is CCN(CC)C(C1=C(C(=O)O)N2C(=O)C(NC(=O)C(=NOC)c3csc(N)n3)[C@@H]2SC1)[n+]1ccncc1. The van der Waals surface area contributed by atoms with Gasteiger partial charge in [0.05, 0.1) is 18.0 Å². The van der Waals surface area contributed by atoms with Gasteiger partial charge in [-0.3, -0.25) is 19.5 Å². The van der Waals surface area contributed by atoms with Gasteiger partial charge in [-0.25, -0.2) is 14.7 Å². The lowest BCUT2D eigenvalue weighted by Gasteiger charge is -2.49. The number of carboxylic acids is 1. The molecule has 15 heteroatoms. The second-order valence-electron chi connectivity index (χ2n) is 8.02. The number of nitrogens with zero attached hydrogens (tertiary/aromatic N) is 6. The maximum absolute atomic E-state index is 13.2. The summed E-state index contributed by atoms with van der Waals surface area (Å²) in [4.78, 5) is 55.0. The van der Waals surface area contributed by atoms with Crippen molar-refractivity contribution in [1.82, 2.24) is 25.1 Å². The van der Waals surface area contributed by atoms with Crippen molar-refractivity contribution in [2.24, 2.45) is 5.16 Å². The van der Waals surface area contributed by atoms with Crippen molar-refractivity contribution in [3.05, 3.63) is 47.1 Å². The Labute approximate surface area is 221 Å². The first-order chi connectivity index (χ1) is 17.8. The lowest BCUT2D eigenvalue weighted by Crippen LogP contribution is -2.71. The van der Waals surface area contributed by atoms with E-state index in [1.54, 1.807) is 30.2 Å². The van der Waals surface area contributed by atoms with Gasteiger partial charge in [-0.05, 0) is 0 Å². The molecule has 2 aliphatic heterocycles. The van der Waals surface area contributed by atoms with Crippen LogP contribution >= 0.6 is 23.1 Å². The van der Waals surface area contributed by atoms with Gasteiger partial charge in [-0.15, -0.1) is 23.1 Å². The first-order valence-electron chi connectivity index (χ1n) is 11.4. The number of rotatable bonds is 10. The molecule has 0 bridgehead atoms. The van der Waals surface area contributed by atoms with Crippen molar-refractivity contribution in [3.8, 4) is 0 Å². The van der Waals surface area contributed by atoms with Crippen LogP contribution in [0.5, 0.6) is 0 Å². The molecular weight excluding hydrogens is 520 g/mol. The number of nitrogens with two attached hydrogens (primary N) is 1. The molecule has 1 saturated heterocycles. The Kier molecular flexibility index (Phi) is 8.04. The Bertz CT molecular complexity index is 1250. The Morgan fingerprint density at radius 1 is 1.38 bits per heavy atom. The molecule has 13 nitrogen and oxygen atoms in total. The Hall–Kier alpha value is -3.56. The molecule has 4 heterocycles. The largest absolute Gasteiger partial charge is 0.477 e. The number of anilines is 1. The summed E-state index contributed by atoms with van der Waals surface area (Å²) in [6, 6.07) is -0.938. The van der Waals surface area contributed by atoms with Crippen LogP contribution in [0, 0.1) is 0 Å². The van der Waals surface area contributed by atoms with E-state index in [4.69, 9.17) is 10.6 Å². The fourth-order valence-electron chi connectivity index (χ4n) is 4.39. The van der Waals surface area contributed by atoms with Crippen LogP contribution in [-0.4, -0.2) is 85.7 Å². The summed E-state index contributed by atoms with van der Waals surface area (Å²) in [6.07, 6.45) is 6.39. The molecule has 3 atom stereocenters. The fraction of sp³-hybridized carbons (Fsp3) is 0.409. The Morgan fingerprint density at radius 2 is 2.08 bits per heavy atom. The monoisotopic (exact) mass is 547 g/mol. The van der Waals surface area contributed by atoms with Gasteiger partial charge in [0.2, 0.25) is 6.17 Å². The van der Waals surface area contributed by atoms with Crippen molar-refractivity contribution in [1.29, 1.82) is 0 Å². The van der Waals surface area contributed by atoms with E-state index < -0.39 is 35.4 Å². The number of nitrogen functional groups attached to an aromatic ring is 1. The average molecular weight is 548 g/mol. The average Bonchev–Trinajstić information content (AvgIpc) is 3.33. The molecule has 2 unspecified atom stereocenters. The molecule has 2 aromatic heterocycles. The minimum absolute atomic E-state index is 0.0708. The van der Waals surface area contributed by atoms with Crippen molar-refractivity contribution >= 4 is 51.7 Å². The third-order valence-electron chi connectivity index (χ3n) is 6.05. The number of fused-ring (bicyclic) bond motifs is 1. The zero-order valence-corrected chi connectivity index (χ0v) is 22.0. The second-order valence-corrected chi connectivity index (χ2v) is 10.0. The van der Waals surface area contributed by atoms with Gasteiger partial charge in [0.15, 0.2) is 23.2 Å². The van der Waals surface area contributed by atoms with Crippen molar-refractivity contribution < 1.29 is 28.9 Å². The van der Waals surface area contributed by atoms with E-state index >= 15 is 0 Å². The smallest absolute Gasteiger partial charge is 0.352 e. The molecule has 0 saturated carbocycles. The highest BCUT2D eigenvalue weighted by atomic mass is 32.2. The van der Waals surface area contributed by atoms with E-state index in [0.29, 0.717) is 24.4 Å². The van der Waals surface area contributed by atoms with Crippen LogP contribution < -0.4 is 15.6 Å². The number of carbonyl (C=O) groups is 3. The van der Waals surface area contributed by atoms with E-state index in [1.165, 1.54) is 23.8 Å². The number of aromatic nitrogens is 3. The summed E-state index contributed by atoms with van der Waals surface area (Å²) in [5.41, 5.74) is 6.27. The summed E-state index contributed by atoms with van der Waals surface area (Å²) in [6.45, 7) is 5.31. The molecule has 4 rings (SSSR count). The quantitative estimate of drug-likeness (QED) is 0.160. The number of likely N-dealkylation sites (N-methyl/N-ethyl adjacent to an activating group) is 1. The predicted molar refractivity (Wildman–Crippen MR) is 136 cm³/mol. The molecule has 0 spiro atoms. The van der Waals surface area contributed by atoms with Crippen molar-refractivity contribution in [3.63, 3.8) is 0 Å². The van der Waals surface area contributed by atoms with Gasteiger partial charge >= 0.3 is 5.97 Å². The number of carboxylic acid groups (broad SMARTS) is 1. The summed E-state index contributed by atoms with van der Waals surface area (Å²) in [7, 11) is 1.29. The molecule has 196 valence electrons. The Morgan fingerprint density at radius 3 is 2.65 bits per heavy atom. The van der Waals surface area contributed by atoms with Gasteiger partial charge < -0.3 is 21.0 Å². The van der Waals surface area contributed by atoms with Crippen LogP contribution in [0.3, 0.4) is 0 Å². The standard InChI is InChI=1S/C22H26N8O5S2/c1-4-28(5-2)18(29-8-6-24-7-9-29)12-10-36-20-15(19(32)30(20)16(12)21(33)34)26-17(31)14(27-35-3)13-11-37-22(23)25-13/h6-9,11,15,18,20H,4-5,10H2,1-3H3,(H3-,23,25,26,31,33,34)/p+1/t15?,18?,20-/m0/s1. The zero-order valence-electron chi connectivity index (χ0n) is 20.4. The molecule has 2 aromatic rings. The maximum Gasteiger partial charge on any atom is 0.352 e. The molecule has 0 radical (unpaired) electrons. The normalized spacial score (nSPS) is 20.4. The third-order valence-corrected chi connectivity index (χ3v) is 8.03. The lowest BCUT2D eigenvalue weighted by molar-refractivity contribution is -0.735. The van der Waals surface area contributed by atoms with Gasteiger partial charge in [0.25, 0.3) is 11.8 Å². The van der Waals surface area contributed by atoms with E-state index in [1.807, 2.05) is 18.4 Å². The van der Waals surface area contributed by atoms with Crippen molar-refractivity contribution in [2.45, 2.75) is 31.4 Å². The van der Waals surface area contributed by atoms with Crippen molar-refractivity contribution in [2.75, 3.05) is 31.7 Å². The van der Waals surface area contributed by atoms with Crippen LogP contribution in [0.2, 0.25) is 0 Å². The number of aliphatic carboxylic acids is 1. The predicted octanol–water partition coefficient (Wildman–Crippen LogP) is 0.0375. The number of β-lactam (4-membered cyclic amide) rings is 1. The number of amides is 2. The summed E-state index contributed by atoms with van der Waals surface area (Å²) in [5, 5.41) is 17.8. The number of oxime groups is 1. The van der Waals surface area contributed by atoms with Gasteiger partial charge in [0, 0.05) is 24.2 Å². The number of hydrogen-bond donors (Lipinski definition) is 3.